The molecule has 0 saturated carbocycles. The van der Waals surface area contributed by atoms with Gasteiger partial charge in [0.1, 0.15) is 12.2 Å². The van der Waals surface area contributed by atoms with E-state index in [0.29, 0.717) is 0 Å². The number of hydrogen-bond donors (Lipinski definition) is 0. The molecule has 1 aliphatic heterocycles. The summed E-state index contributed by atoms with van der Waals surface area (Å²) in [5.41, 5.74) is 8.11. The van der Waals surface area contributed by atoms with E-state index in [2.05, 4.69) is 99.0 Å². The Morgan fingerprint density at radius 1 is 0.625 bits per heavy atom. The second kappa shape index (κ2) is 5.77. The summed E-state index contributed by atoms with van der Waals surface area (Å²) in [6.45, 7) is 1.01. The van der Waals surface area contributed by atoms with Gasteiger partial charge in [-0.1, -0.05) is 72.8 Å². The predicted octanol–water partition coefficient (Wildman–Crippen LogP) is 5.19. The fourth-order valence-electron chi connectivity index (χ4n) is 3.82. The number of rotatable bonds is 2. The highest BCUT2D eigenvalue weighted by molar-refractivity contribution is 5.97. The van der Waals surface area contributed by atoms with Crippen molar-refractivity contribution in [2.45, 2.75) is 6.54 Å². The highest BCUT2D eigenvalue weighted by atomic mass is 15.3. The minimum Gasteiger partial charge on any atom is -0.291 e. The minimum absolute atomic E-state index is 0.852. The van der Waals surface area contributed by atoms with Gasteiger partial charge >= 0.3 is 0 Å². The Kier molecular flexibility index (Phi) is 3.59. The van der Waals surface area contributed by atoms with Gasteiger partial charge < -0.3 is 0 Å². The minimum atomic E-state index is 0.852. The molecule has 0 atom stereocenters. The first kappa shape index (κ1) is 14.9. The number of quaternary nitrogens is 1. The Morgan fingerprint density at radius 2 is 1.17 bits per heavy atom. The normalized spacial score (nSPS) is 15.9. The van der Waals surface area contributed by atoms with Gasteiger partial charge in [0.2, 0.25) is 0 Å². The maximum atomic E-state index is 2.31. The summed E-state index contributed by atoms with van der Waals surface area (Å²) < 4.78 is 0.852. The summed E-state index contributed by atoms with van der Waals surface area (Å²) >= 11 is 0. The largest absolute Gasteiger partial charge is 0.291 e. The molecular weight excluding hydrogens is 290 g/mol. The van der Waals surface area contributed by atoms with E-state index in [0.717, 1.165) is 11.0 Å². The van der Waals surface area contributed by atoms with Crippen molar-refractivity contribution in [2.75, 3.05) is 14.1 Å². The molecule has 1 aliphatic rings. The lowest BCUT2D eigenvalue weighted by Gasteiger charge is -2.38. The summed E-state index contributed by atoms with van der Waals surface area (Å²) in [5, 5.41) is 0. The highest BCUT2D eigenvalue weighted by Crippen LogP contribution is 2.43. The lowest BCUT2D eigenvalue weighted by atomic mass is 9.85. The second-order valence-electron chi connectivity index (χ2n) is 6.96. The first-order valence-electron chi connectivity index (χ1n) is 8.44. The third-order valence-corrected chi connectivity index (χ3v) is 4.80. The van der Waals surface area contributed by atoms with Crippen LogP contribution >= 0.6 is 0 Å². The summed E-state index contributed by atoms with van der Waals surface area (Å²) in [6, 6.07) is 30.4. The van der Waals surface area contributed by atoms with Crippen LogP contribution in [0.2, 0.25) is 0 Å². The molecule has 0 fully saturated rings. The van der Waals surface area contributed by atoms with Crippen LogP contribution in [0.5, 0.6) is 0 Å². The Hall–Kier alpha value is -2.64. The molecule has 0 spiro atoms. The lowest BCUT2D eigenvalue weighted by Crippen LogP contribution is -2.40. The first-order valence-corrected chi connectivity index (χ1v) is 8.44. The molecule has 1 heterocycles. The van der Waals surface area contributed by atoms with Crippen molar-refractivity contribution in [3.63, 3.8) is 0 Å². The van der Waals surface area contributed by atoms with Crippen LogP contribution in [-0.4, -0.2) is 18.6 Å². The Bertz CT molecular complexity index is 890. The third-order valence-electron chi connectivity index (χ3n) is 4.80. The summed E-state index contributed by atoms with van der Waals surface area (Å²) in [7, 11) is 4.61. The van der Waals surface area contributed by atoms with E-state index in [1.807, 2.05) is 0 Å². The Labute approximate surface area is 144 Å². The molecule has 3 aromatic rings. The molecule has 0 amide bonds. The Balaban J connectivity index is 2.09. The molecule has 0 aliphatic carbocycles. The van der Waals surface area contributed by atoms with Crippen LogP contribution in [-0.2, 0) is 6.54 Å². The monoisotopic (exact) mass is 312 g/mol. The van der Waals surface area contributed by atoms with Gasteiger partial charge in [-0.25, -0.2) is 0 Å². The maximum absolute atomic E-state index is 2.31. The van der Waals surface area contributed by atoms with Crippen LogP contribution in [0.1, 0.15) is 22.3 Å². The van der Waals surface area contributed by atoms with Crippen molar-refractivity contribution in [1.82, 2.24) is 0 Å². The van der Waals surface area contributed by atoms with Crippen molar-refractivity contribution in [3.05, 3.63) is 107 Å². The van der Waals surface area contributed by atoms with Crippen LogP contribution in [0.3, 0.4) is 0 Å². The molecular formula is C23H22N+. The molecule has 3 aromatic carbocycles. The summed E-state index contributed by atoms with van der Waals surface area (Å²) in [6.07, 6.45) is 0. The van der Waals surface area contributed by atoms with Gasteiger partial charge in [0.25, 0.3) is 0 Å². The molecule has 24 heavy (non-hydrogen) atoms. The first-order chi connectivity index (χ1) is 11.7. The quantitative estimate of drug-likeness (QED) is 0.571. The number of benzene rings is 3. The number of nitrogens with zero attached hydrogens (tertiary/aromatic N) is 1. The molecule has 0 unspecified atom stereocenters. The molecule has 1 nitrogen and oxygen atoms in total. The van der Waals surface area contributed by atoms with Gasteiger partial charge in [0, 0.05) is 11.1 Å². The van der Waals surface area contributed by atoms with E-state index in [1.54, 1.807) is 0 Å². The number of fused-ring (bicyclic) bond motifs is 1. The summed E-state index contributed by atoms with van der Waals surface area (Å²) in [5.74, 6) is 0. The van der Waals surface area contributed by atoms with Crippen LogP contribution < -0.4 is 0 Å². The van der Waals surface area contributed by atoms with Gasteiger partial charge in [-0.15, -0.1) is 0 Å². The predicted molar refractivity (Wildman–Crippen MR) is 101 cm³/mol. The van der Waals surface area contributed by atoms with E-state index in [9.17, 15) is 0 Å². The SMILES string of the molecule is C[N+]1(C)Cc2ccccc2C(c2ccccc2)=C1c1ccccc1. The fourth-order valence-corrected chi connectivity index (χ4v) is 3.82. The van der Waals surface area contributed by atoms with Crippen molar-refractivity contribution < 1.29 is 4.48 Å². The molecule has 0 bridgehead atoms. The molecule has 1 heteroatoms. The van der Waals surface area contributed by atoms with Crippen LogP contribution in [0.25, 0.3) is 11.3 Å². The fraction of sp³-hybridized carbons (Fsp3) is 0.130. The standard InChI is InChI=1S/C23H22N/c1-24(2)17-20-15-9-10-16-21(20)22(18-11-5-3-6-12-18)23(24)19-13-7-4-8-14-19/h3-16H,17H2,1-2H3/q+1. The van der Waals surface area contributed by atoms with Crippen molar-refractivity contribution >= 4 is 11.3 Å². The highest BCUT2D eigenvalue weighted by Gasteiger charge is 2.35. The number of hydrogen-bond acceptors (Lipinski definition) is 0. The van der Waals surface area contributed by atoms with Crippen LogP contribution in [0, 0.1) is 0 Å². The van der Waals surface area contributed by atoms with Gasteiger partial charge in [-0.2, -0.15) is 0 Å². The maximum Gasteiger partial charge on any atom is 0.148 e. The molecule has 0 N–H and O–H groups in total. The average molecular weight is 312 g/mol. The van der Waals surface area contributed by atoms with Gasteiger partial charge in [-0.3, -0.25) is 4.48 Å². The van der Waals surface area contributed by atoms with E-state index in [1.165, 1.54) is 33.5 Å². The van der Waals surface area contributed by atoms with E-state index >= 15 is 0 Å². The zero-order valence-electron chi connectivity index (χ0n) is 14.2. The molecule has 4 rings (SSSR count). The van der Waals surface area contributed by atoms with Crippen LogP contribution in [0.15, 0.2) is 84.9 Å². The molecule has 118 valence electrons. The average Bonchev–Trinajstić information content (AvgIpc) is 2.61. The molecule has 0 aromatic heterocycles. The van der Waals surface area contributed by atoms with E-state index in [-0.39, 0.29) is 0 Å². The smallest absolute Gasteiger partial charge is 0.148 e. The topological polar surface area (TPSA) is 0 Å². The van der Waals surface area contributed by atoms with E-state index < -0.39 is 0 Å². The summed E-state index contributed by atoms with van der Waals surface area (Å²) in [4.78, 5) is 0. The lowest BCUT2D eigenvalue weighted by molar-refractivity contribution is -0.832. The third kappa shape index (κ3) is 2.47. The van der Waals surface area contributed by atoms with Crippen molar-refractivity contribution in [1.29, 1.82) is 0 Å². The Morgan fingerprint density at radius 3 is 1.83 bits per heavy atom. The molecule has 0 saturated heterocycles. The zero-order chi connectivity index (χ0) is 16.6. The second-order valence-corrected chi connectivity index (χ2v) is 6.96. The molecule has 0 radical (unpaired) electrons. The van der Waals surface area contributed by atoms with Crippen molar-refractivity contribution in [3.8, 4) is 0 Å². The zero-order valence-corrected chi connectivity index (χ0v) is 14.2. The van der Waals surface area contributed by atoms with Crippen LogP contribution in [0.4, 0.5) is 0 Å². The van der Waals surface area contributed by atoms with E-state index in [4.69, 9.17) is 0 Å². The van der Waals surface area contributed by atoms with Gasteiger partial charge in [0.05, 0.1) is 19.7 Å². The van der Waals surface area contributed by atoms with Gasteiger partial charge in [0.15, 0.2) is 0 Å². The van der Waals surface area contributed by atoms with Crippen molar-refractivity contribution in [2.24, 2.45) is 0 Å². The van der Waals surface area contributed by atoms with Gasteiger partial charge in [-0.05, 0) is 23.3 Å².